The van der Waals surface area contributed by atoms with Gasteiger partial charge >= 0.3 is 0 Å². The summed E-state index contributed by atoms with van der Waals surface area (Å²) >= 11 is 5.91. The molecule has 2 N–H and O–H groups in total. The van der Waals surface area contributed by atoms with E-state index < -0.39 is 6.04 Å². The number of hydrogen-bond donors (Lipinski definition) is 2. The fourth-order valence-electron chi connectivity index (χ4n) is 1.79. The van der Waals surface area contributed by atoms with Gasteiger partial charge in [0.1, 0.15) is 6.04 Å². The number of rotatable bonds is 2. The lowest BCUT2D eigenvalue weighted by atomic mass is 10.1. The molecular formula is C12H13ClN2O2. The summed E-state index contributed by atoms with van der Waals surface area (Å²) in [5.74, 6) is -0.436. The molecule has 0 bridgehead atoms. The molecule has 17 heavy (non-hydrogen) atoms. The summed E-state index contributed by atoms with van der Waals surface area (Å²) in [6.07, 6.45) is 1.54. The second-order valence-corrected chi connectivity index (χ2v) is 4.35. The van der Waals surface area contributed by atoms with Crippen LogP contribution in [0.1, 0.15) is 23.2 Å². The average Bonchev–Trinajstić information content (AvgIpc) is 2.32. The summed E-state index contributed by atoms with van der Waals surface area (Å²) in [5, 5.41) is 5.80. The molecule has 0 aromatic heterocycles. The van der Waals surface area contributed by atoms with E-state index in [0.717, 1.165) is 6.42 Å². The first-order valence-electron chi connectivity index (χ1n) is 5.51. The predicted molar refractivity (Wildman–Crippen MR) is 64.9 cm³/mol. The Morgan fingerprint density at radius 2 is 2.18 bits per heavy atom. The van der Waals surface area contributed by atoms with Crippen LogP contribution in [0.2, 0.25) is 5.02 Å². The van der Waals surface area contributed by atoms with Crippen LogP contribution in [0, 0.1) is 0 Å². The number of piperidine rings is 1. The molecule has 1 aliphatic rings. The third-order valence-corrected chi connectivity index (χ3v) is 3.04. The largest absolute Gasteiger partial charge is 0.354 e. The Balaban J connectivity index is 2.06. The Morgan fingerprint density at radius 1 is 1.41 bits per heavy atom. The highest BCUT2D eigenvalue weighted by Crippen LogP contribution is 2.15. The van der Waals surface area contributed by atoms with Gasteiger partial charge in [0.2, 0.25) is 5.91 Å². The topological polar surface area (TPSA) is 58.2 Å². The molecule has 5 heteroatoms. The lowest BCUT2D eigenvalue weighted by Crippen LogP contribution is -2.50. The van der Waals surface area contributed by atoms with Crippen molar-refractivity contribution in [2.75, 3.05) is 6.54 Å². The molecule has 1 saturated heterocycles. The van der Waals surface area contributed by atoms with Gasteiger partial charge < -0.3 is 10.6 Å². The van der Waals surface area contributed by atoms with E-state index in [1.54, 1.807) is 24.3 Å². The molecule has 0 radical (unpaired) electrons. The zero-order chi connectivity index (χ0) is 12.3. The monoisotopic (exact) mass is 252 g/mol. The van der Waals surface area contributed by atoms with Crippen LogP contribution in [0.25, 0.3) is 0 Å². The van der Waals surface area contributed by atoms with E-state index >= 15 is 0 Å². The number of carbonyl (C=O) groups excluding carboxylic acids is 2. The van der Waals surface area contributed by atoms with E-state index in [9.17, 15) is 9.59 Å². The Hall–Kier alpha value is -1.55. The van der Waals surface area contributed by atoms with Gasteiger partial charge in [-0.2, -0.15) is 0 Å². The predicted octanol–water partition coefficient (Wildman–Crippen LogP) is 1.35. The third kappa shape index (κ3) is 2.77. The van der Waals surface area contributed by atoms with Gasteiger partial charge in [-0.05, 0) is 25.0 Å². The van der Waals surface area contributed by atoms with Crippen molar-refractivity contribution in [1.82, 2.24) is 10.6 Å². The standard InChI is InChI=1S/C12H13ClN2O2/c13-9-5-2-1-4-8(9)11(16)15-10-6-3-7-14-12(10)17/h1-2,4-5,10H,3,6-7H2,(H,14,17)(H,15,16). The number of benzene rings is 1. The van der Waals surface area contributed by atoms with Crippen molar-refractivity contribution in [3.63, 3.8) is 0 Å². The Bertz CT molecular complexity index is 448. The van der Waals surface area contributed by atoms with Gasteiger partial charge in [-0.3, -0.25) is 9.59 Å². The number of hydrogen-bond acceptors (Lipinski definition) is 2. The van der Waals surface area contributed by atoms with Crippen molar-refractivity contribution in [2.24, 2.45) is 0 Å². The summed E-state index contributed by atoms with van der Waals surface area (Å²) in [7, 11) is 0. The van der Waals surface area contributed by atoms with Crippen LogP contribution in [-0.4, -0.2) is 24.4 Å². The first kappa shape index (κ1) is 11.9. The lowest BCUT2D eigenvalue weighted by molar-refractivity contribution is -0.124. The zero-order valence-corrected chi connectivity index (χ0v) is 9.96. The van der Waals surface area contributed by atoms with Crippen molar-refractivity contribution in [1.29, 1.82) is 0 Å². The fraction of sp³-hybridized carbons (Fsp3) is 0.333. The van der Waals surface area contributed by atoms with Crippen LogP contribution in [0.15, 0.2) is 24.3 Å². The van der Waals surface area contributed by atoms with Crippen molar-refractivity contribution in [3.05, 3.63) is 34.9 Å². The number of amides is 2. The van der Waals surface area contributed by atoms with Gasteiger partial charge in [-0.15, -0.1) is 0 Å². The highest BCUT2D eigenvalue weighted by Gasteiger charge is 2.24. The molecule has 0 spiro atoms. The maximum atomic E-state index is 11.9. The summed E-state index contributed by atoms with van der Waals surface area (Å²) in [6, 6.07) is 6.33. The minimum absolute atomic E-state index is 0.128. The van der Waals surface area contributed by atoms with Crippen LogP contribution >= 0.6 is 11.6 Å². The Morgan fingerprint density at radius 3 is 2.88 bits per heavy atom. The summed E-state index contributed by atoms with van der Waals surface area (Å²) < 4.78 is 0. The van der Waals surface area contributed by atoms with E-state index in [2.05, 4.69) is 10.6 Å². The minimum Gasteiger partial charge on any atom is -0.354 e. The molecule has 1 aromatic rings. The molecular weight excluding hydrogens is 240 g/mol. The first-order valence-corrected chi connectivity index (χ1v) is 5.89. The molecule has 1 aliphatic heterocycles. The molecule has 0 saturated carbocycles. The highest BCUT2D eigenvalue weighted by atomic mass is 35.5. The van der Waals surface area contributed by atoms with E-state index in [1.165, 1.54) is 0 Å². The second-order valence-electron chi connectivity index (χ2n) is 3.94. The molecule has 2 rings (SSSR count). The molecule has 90 valence electrons. The summed E-state index contributed by atoms with van der Waals surface area (Å²) in [5.41, 5.74) is 0.396. The molecule has 1 heterocycles. The molecule has 4 nitrogen and oxygen atoms in total. The van der Waals surface area contributed by atoms with Crippen LogP contribution in [0.3, 0.4) is 0 Å². The van der Waals surface area contributed by atoms with E-state index in [4.69, 9.17) is 11.6 Å². The quantitative estimate of drug-likeness (QED) is 0.835. The summed E-state index contributed by atoms with van der Waals surface area (Å²) in [6.45, 7) is 0.678. The normalized spacial score (nSPS) is 19.6. The highest BCUT2D eigenvalue weighted by molar-refractivity contribution is 6.33. The van der Waals surface area contributed by atoms with E-state index in [0.29, 0.717) is 23.6 Å². The van der Waals surface area contributed by atoms with Crippen molar-refractivity contribution >= 4 is 23.4 Å². The minimum atomic E-state index is -0.451. The maximum absolute atomic E-state index is 11.9. The van der Waals surface area contributed by atoms with E-state index in [-0.39, 0.29) is 11.8 Å². The smallest absolute Gasteiger partial charge is 0.253 e. The van der Waals surface area contributed by atoms with E-state index in [1.807, 2.05) is 0 Å². The van der Waals surface area contributed by atoms with Gasteiger partial charge in [0.25, 0.3) is 5.91 Å². The molecule has 2 amide bonds. The SMILES string of the molecule is O=C(NC1CCCNC1=O)c1ccccc1Cl. The Kier molecular flexibility index (Phi) is 3.64. The molecule has 1 unspecified atom stereocenters. The molecule has 1 fully saturated rings. The molecule has 0 aliphatic carbocycles. The van der Waals surface area contributed by atoms with Gasteiger partial charge in [0.05, 0.1) is 10.6 Å². The fourth-order valence-corrected chi connectivity index (χ4v) is 2.01. The molecule has 1 aromatic carbocycles. The average molecular weight is 253 g/mol. The Labute approximate surface area is 104 Å². The van der Waals surface area contributed by atoms with Crippen molar-refractivity contribution < 1.29 is 9.59 Å². The zero-order valence-electron chi connectivity index (χ0n) is 9.20. The van der Waals surface area contributed by atoms with Crippen LogP contribution in [0.5, 0.6) is 0 Å². The summed E-state index contributed by atoms with van der Waals surface area (Å²) in [4.78, 5) is 23.4. The number of halogens is 1. The van der Waals surface area contributed by atoms with Gasteiger partial charge in [0.15, 0.2) is 0 Å². The third-order valence-electron chi connectivity index (χ3n) is 2.71. The first-order chi connectivity index (χ1) is 8.18. The van der Waals surface area contributed by atoms with Gasteiger partial charge in [-0.25, -0.2) is 0 Å². The number of carbonyl (C=O) groups is 2. The molecule has 1 atom stereocenters. The van der Waals surface area contributed by atoms with Crippen LogP contribution in [0.4, 0.5) is 0 Å². The van der Waals surface area contributed by atoms with Crippen molar-refractivity contribution in [2.45, 2.75) is 18.9 Å². The van der Waals surface area contributed by atoms with Gasteiger partial charge in [0, 0.05) is 6.54 Å². The van der Waals surface area contributed by atoms with Crippen molar-refractivity contribution in [3.8, 4) is 0 Å². The van der Waals surface area contributed by atoms with Crippen LogP contribution < -0.4 is 10.6 Å². The maximum Gasteiger partial charge on any atom is 0.253 e. The lowest BCUT2D eigenvalue weighted by Gasteiger charge is -2.22. The number of nitrogens with one attached hydrogen (secondary N) is 2. The second kappa shape index (κ2) is 5.19. The van der Waals surface area contributed by atoms with Crippen LogP contribution in [-0.2, 0) is 4.79 Å². The van der Waals surface area contributed by atoms with Gasteiger partial charge in [-0.1, -0.05) is 23.7 Å².